The monoisotopic (exact) mass is 380 g/mol. The van der Waals surface area contributed by atoms with E-state index in [2.05, 4.69) is 5.32 Å². The molecule has 5 heteroatoms. The fourth-order valence-corrected chi connectivity index (χ4v) is 3.78. The lowest BCUT2D eigenvalue weighted by Gasteiger charge is -2.37. The molecule has 3 rings (SSSR count). The number of thiocarbonyl (C=S) groups is 1. The van der Waals surface area contributed by atoms with Crippen LogP contribution in [0.25, 0.3) is 0 Å². The van der Waals surface area contributed by atoms with Crippen LogP contribution in [-0.4, -0.2) is 22.3 Å². The molecule has 2 aromatic rings. The number of rotatable bonds is 5. The number of hydrogen-bond acceptors (Lipinski definition) is 3. The predicted molar refractivity (Wildman–Crippen MR) is 112 cm³/mol. The Kier molecular flexibility index (Phi) is 5.61. The molecule has 1 N–H and O–H groups in total. The lowest BCUT2D eigenvalue weighted by atomic mass is 9.92. The normalized spacial score (nSPS) is 17.0. The molecule has 0 spiro atoms. The van der Waals surface area contributed by atoms with Crippen LogP contribution in [0.5, 0.6) is 11.5 Å². The maximum Gasteiger partial charge on any atom is 0.173 e. The van der Waals surface area contributed by atoms with Gasteiger partial charge >= 0.3 is 0 Å². The first-order valence-electron chi connectivity index (χ1n) is 9.05. The standard InChI is InChI=1S/C22H24N2O2S/c1-5-24-15(3)20(16(4)25)21(23-22(24)27)17-10-12-18(13-11-17)26-19-9-7-6-8-14(19)2/h6-13,21H,5H2,1-4H3,(H,23,27). The lowest BCUT2D eigenvalue weighted by Crippen LogP contribution is -2.47. The van der Waals surface area contributed by atoms with Crippen LogP contribution in [0.4, 0.5) is 0 Å². The summed E-state index contributed by atoms with van der Waals surface area (Å²) in [7, 11) is 0. The van der Waals surface area contributed by atoms with E-state index in [1.54, 1.807) is 6.92 Å². The minimum atomic E-state index is -0.245. The molecule has 1 aliphatic rings. The summed E-state index contributed by atoms with van der Waals surface area (Å²) in [5.41, 5.74) is 3.73. The van der Waals surface area contributed by atoms with Gasteiger partial charge in [0.15, 0.2) is 10.9 Å². The largest absolute Gasteiger partial charge is 0.457 e. The smallest absolute Gasteiger partial charge is 0.173 e. The van der Waals surface area contributed by atoms with E-state index in [0.717, 1.165) is 40.4 Å². The van der Waals surface area contributed by atoms with E-state index < -0.39 is 0 Å². The van der Waals surface area contributed by atoms with Crippen molar-refractivity contribution < 1.29 is 9.53 Å². The fourth-order valence-electron chi connectivity index (χ4n) is 3.40. The number of nitrogens with zero attached hydrogens (tertiary/aromatic N) is 1. The maximum absolute atomic E-state index is 12.3. The van der Waals surface area contributed by atoms with Gasteiger partial charge < -0.3 is 15.0 Å². The number of allylic oxidation sites excluding steroid dienone is 1. The Balaban J connectivity index is 1.90. The van der Waals surface area contributed by atoms with Gasteiger partial charge in [0, 0.05) is 17.8 Å². The first-order valence-corrected chi connectivity index (χ1v) is 9.46. The summed E-state index contributed by atoms with van der Waals surface area (Å²) >= 11 is 5.49. The van der Waals surface area contributed by atoms with E-state index in [9.17, 15) is 4.79 Å². The highest BCUT2D eigenvalue weighted by Crippen LogP contribution is 2.32. The molecule has 1 heterocycles. The average molecular weight is 381 g/mol. The summed E-state index contributed by atoms with van der Waals surface area (Å²) in [4.78, 5) is 14.3. The number of Topliss-reactive ketones (excluding diaryl/α,β-unsaturated/α-hetero) is 1. The minimum Gasteiger partial charge on any atom is -0.457 e. The number of benzene rings is 2. The molecule has 0 fully saturated rings. The molecular weight excluding hydrogens is 356 g/mol. The van der Waals surface area contributed by atoms with Crippen molar-refractivity contribution in [2.24, 2.45) is 0 Å². The highest BCUT2D eigenvalue weighted by molar-refractivity contribution is 7.80. The molecule has 0 saturated carbocycles. The summed E-state index contributed by atoms with van der Waals surface area (Å²) in [5.74, 6) is 1.64. The Hall–Kier alpha value is -2.66. The molecule has 0 amide bonds. The van der Waals surface area contributed by atoms with Crippen molar-refractivity contribution in [1.29, 1.82) is 0 Å². The molecule has 0 radical (unpaired) electrons. The number of ketones is 1. The third-order valence-corrected chi connectivity index (χ3v) is 5.16. The molecule has 2 aromatic carbocycles. The second-order valence-corrected chi connectivity index (χ2v) is 7.01. The molecular formula is C22H24N2O2S. The highest BCUT2D eigenvalue weighted by Gasteiger charge is 2.31. The molecule has 0 aliphatic carbocycles. The van der Waals surface area contributed by atoms with Crippen molar-refractivity contribution in [2.45, 2.75) is 33.7 Å². The molecule has 1 unspecified atom stereocenters. The summed E-state index contributed by atoms with van der Waals surface area (Å²) in [6, 6.07) is 15.5. The zero-order chi connectivity index (χ0) is 19.6. The molecule has 4 nitrogen and oxygen atoms in total. The second kappa shape index (κ2) is 7.92. The van der Waals surface area contributed by atoms with E-state index in [4.69, 9.17) is 17.0 Å². The summed E-state index contributed by atoms with van der Waals surface area (Å²) in [6.45, 7) is 8.32. The van der Waals surface area contributed by atoms with Crippen LogP contribution >= 0.6 is 12.2 Å². The average Bonchev–Trinajstić information content (AvgIpc) is 2.64. The van der Waals surface area contributed by atoms with Gasteiger partial charge in [0.1, 0.15) is 11.5 Å². The number of hydrogen-bond donors (Lipinski definition) is 1. The van der Waals surface area contributed by atoms with Crippen molar-refractivity contribution in [2.75, 3.05) is 6.54 Å². The molecule has 0 saturated heterocycles. The van der Waals surface area contributed by atoms with Gasteiger partial charge in [-0.3, -0.25) is 4.79 Å². The Bertz CT molecular complexity index is 903. The van der Waals surface area contributed by atoms with E-state index >= 15 is 0 Å². The van der Waals surface area contributed by atoms with Crippen LogP contribution in [0.15, 0.2) is 59.8 Å². The van der Waals surface area contributed by atoms with Gasteiger partial charge in [0.25, 0.3) is 0 Å². The van der Waals surface area contributed by atoms with Gasteiger partial charge in [-0.05, 0) is 69.2 Å². The van der Waals surface area contributed by atoms with E-state index in [-0.39, 0.29) is 11.8 Å². The van der Waals surface area contributed by atoms with Crippen molar-refractivity contribution in [3.63, 3.8) is 0 Å². The molecule has 1 atom stereocenters. The van der Waals surface area contributed by atoms with Crippen molar-refractivity contribution >= 4 is 23.1 Å². The van der Waals surface area contributed by atoms with Crippen molar-refractivity contribution in [3.05, 3.63) is 70.9 Å². The Morgan fingerprint density at radius 2 is 1.81 bits per heavy atom. The zero-order valence-electron chi connectivity index (χ0n) is 16.1. The second-order valence-electron chi connectivity index (χ2n) is 6.62. The molecule has 27 heavy (non-hydrogen) atoms. The van der Waals surface area contributed by atoms with Gasteiger partial charge in [-0.15, -0.1) is 0 Å². The first-order chi connectivity index (χ1) is 12.9. The highest BCUT2D eigenvalue weighted by atomic mass is 32.1. The number of carbonyl (C=O) groups is 1. The quantitative estimate of drug-likeness (QED) is 0.747. The molecule has 0 aromatic heterocycles. The van der Waals surface area contributed by atoms with Crippen molar-refractivity contribution in [1.82, 2.24) is 10.2 Å². The van der Waals surface area contributed by atoms with Crippen LogP contribution in [0.3, 0.4) is 0 Å². The molecule has 140 valence electrons. The van der Waals surface area contributed by atoms with Crippen molar-refractivity contribution in [3.8, 4) is 11.5 Å². The molecule has 1 aliphatic heterocycles. The van der Waals surface area contributed by atoms with Gasteiger partial charge in [-0.2, -0.15) is 0 Å². The first kappa shape index (κ1) is 19.1. The topological polar surface area (TPSA) is 41.6 Å². The van der Waals surface area contributed by atoms with Crippen LogP contribution in [0.2, 0.25) is 0 Å². The SMILES string of the molecule is CCN1C(=S)NC(c2ccc(Oc3ccccc3C)cc2)C(C(C)=O)=C1C. The number of aryl methyl sites for hydroxylation is 1. The number of carbonyl (C=O) groups excluding carboxylic acids is 1. The lowest BCUT2D eigenvalue weighted by molar-refractivity contribution is -0.114. The summed E-state index contributed by atoms with van der Waals surface area (Å²) in [5, 5.41) is 3.96. The fraction of sp³-hybridized carbons (Fsp3) is 0.273. The van der Waals surface area contributed by atoms with Gasteiger partial charge in [-0.1, -0.05) is 30.3 Å². The van der Waals surface area contributed by atoms with Crippen LogP contribution < -0.4 is 10.1 Å². The number of para-hydroxylation sites is 1. The Labute approximate surface area is 165 Å². The van der Waals surface area contributed by atoms with E-state index in [0.29, 0.717) is 5.11 Å². The van der Waals surface area contributed by atoms with Crippen LogP contribution in [0, 0.1) is 6.92 Å². The number of nitrogens with one attached hydrogen (secondary N) is 1. The Morgan fingerprint density at radius 1 is 1.15 bits per heavy atom. The third kappa shape index (κ3) is 3.88. The third-order valence-electron chi connectivity index (χ3n) is 4.83. The summed E-state index contributed by atoms with van der Waals surface area (Å²) < 4.78 is 5.97. The number of ether oxygens (including phenoxy) is 1. The Morgan fingerprint density at radius 3 is 2.41 bits per heavy atom. The van der Waals surface area contributed by atoms with Crippen LogP contribution in [-0.2, 0) is 4.79 Å². The molecule has 0 bridgehead atoms. The van der Waals surface area contributed by atoms with E-state index in [1.165, 1.54) is 0 Å². The minimum absolute atomic E-state index is 0.0474. The van der Waals surface area contributed by atoms with E-state index in [1.807, 2.05) is 74.2 Å². The summed E-state index contributed by atoms with van der Waals surface area (Å²) in [6.07, 6.45) is 0. The van der Waals surface area contributed by atoms with Crippen LogP contribution in [0.1, 0.15) is 37.9 Å². The van der Waals surface area contributed by atoms with Gasteiger partial charge in [0.05, 0.1) is 6.04 Å². The zero-order valence-corrected chi connectivity index (χ0v) is 16.9. The van der Waals surface area contributed by atoms with Gasteiger partial charge in [0.2, 0.25) is 0 Å². The maximum atomic E-state index is 12.3. The van der Waals surface area contributed by atoms with Gasteiger partial charge in [-0.25, -0.2) is 0 Å². The predicted octanol–water partition coefficient (Wildman–Crippen LogP) is 4.90.